The minimum Gasteiger partial charge on any atom is -0.494 e. The fourth-order valence-electron chi connectivity index (χ4n) is 3.27. The first-order valence-corrected chi connectivity index (χ1v) is 8.99. The summed E-state index contributed by atoms with van der Waals surface area (Å²) >= 11 is 0. The van der Waals surface area contributed by atoms with Crippen LogP contribution in [-0.2, 0) is 9.84 Å². The van der Waals surface area contributed by atoms with Crippen molar-refractivity contribution in [3.8, 4) is 5.75 Å². The van der Waals surface area contributed by atoms with E-state index in [2.05, 4.69) is 0 Å². The number of rotatable bonds is 3. The molecule has 21 heavy (non-hydrogen) atoms. The molecule has 5 heteroatoms. The van der Waals surface area contributed by atoms with E-state index in [1.165, 1.54) is 6.07 Å². The maximum Gasteiger partial charge on any atom is 0.159 e. The van der Waals surface area contributed by atoms with E-state index in [1.54, 1.807) is 18.2 Å². The second-order valence-electron chi connectivity index (χ2n) is 5.65. The van der Waals surface area contributed by atoms with E-state index in [0.717, 1.165) is 12.0 Å². The van der Waals surface area contributed by atoms with Gasteiger partial charge in [-0.1, -0.05) is 12.5 Å². The number of benzene rings is 1. The van der Waals surface area contributed by atoms with Crippen molar-refractivity contribution < 1.29 is 17.5 Å². The third kappa shape index (κ3) is 2.59. The van der Waals surface area contributed by atoms with E-state index in [9.17, 15) is 12.8 Å². The van der Waals surface area contributed by atoms with Crippen LogP contribution in [0.1, 0.15) is 38.2 Å². The Balaban J connectivity index is 1.96. The standard InChI is InChI=1S/C16H19FO3S/c1-2-20-12-6-7-15(16(17)10-12)11-8-13-4-3-5-14(9-11)21(13,18)19/h6-8,10,13-14H,2-5,9H2,1H3. The zero-order valence-corrected chi connectivity index (χ0v) is 12.8. The zero-order chi connectivity index (χ0) is 15.0. The van der Waals surface area contributed by atoms with Crippen LogP contribution in [0.15, 0.2) is 24.3 Å². The lowest BCUT2D eigenvalue weighted by Gasteiger charge is -2.33. The number of sulfone groups is 1. The zero-order valence-electron chi connectivity index (χ0n) is 12.0. The Hall–Kier alpha value is -1.36. The molecule has 2 atom stereocenters. The molecule has 1 fully saturated rings. The lowest BCUT2D eigenvalue weighted by Crippen LogP contribution is -2.38. The van der Waals surface area contributed by atoms with Gasteiger partial charge in [0.1, 0.15) is 11.6 Å². The molecule has 1 aromatic rings. The largest absolute Gasteiger partial charge is 0.494 e. The molecule has 1 aromatic carbocycles. The van der Waals surface area contributed by atoms with Crippen molar-refractivity contribution in [3.63, 3.8) is 0 Å². The molecule has 0 N–H and O–H groups in total. The van der Waals surface area contributed by atoms with Gasteiger partial charge in [0.05, 0.1) is 17.1 Å². The van der Waals surface area contributed by atoms with E-state index in [1.807, 2.05) is 6.92 Å². The van der Waals surface area contributed by atoms with Crippen LogP contribution >= 0.6 is 0 Å². The highest BCUT2D eigenvalue weighted by Gasteiger charge is 2.40. The molecule has 2 heterocycles. The summed E-state index contributed by atoms with van der Waals surface area (Å²) in [6.45, 7) is 2.34. The fraction of sp³-hybridized carbons (Fsp3) is 0.500. The summed E-state index contributed by atoms with van der Waals surface area (Å²) in [5.41, 5.74) is 1.32. The SMILES string of the molecule is CCOc1ccc(C2=CC3CCCC(C2)S3(=O)=O)c(F)c1. The number of hydrogen-bond donors (Lipinski definition) is 0. The Morgan fingerprint density at radius 3 is 2.81 bits per heavy atom. The Kier molecular flexibility index (Phi) is 3.78. The lowest BCUT2D eigenvalue weighted by atomic mass is 9.93. The van der Waals surface area contributed by atoms with Gasteiger partial charge in [-0.2, -0.15) is 0 Å². The molecule has 0 saturated carbocycles. The molecule has 0 amide bonds. The molecule has 0 spiro atoms. The summed E-state index contributed by atoms with van der Waals surface area (Å²) in [6.07, 6.45) is 4.45. The number of fused-ring (bicyclic) bond motifs is 2. The monoisotopic (exact) mass is 310 g/mol. The maximum atomic E-state index is 14.3. The highest BCUT2D eigenvalue weighted by molar-refractivity contribution is 7.93. The Morgan fingerprint density at radius 2 is 2.14 bits per heavy atom. The third-order valence-corrected chi connectivity index (χ3v) is 6.88. The molecule has 2 aliphatic rings. The average molecular weight is 310 g/mol. The van der Waals surface area contributed by atoms with Crippen LogP contribution in [0.3, 0.4) is 0 Å². The predicted molar refractivity (Wildman–Crippen MR) is 80.5 cm³/mol. The van der Waals surface area contributed by atoms with Gasteiger partial charge < -0.3 is 4.74 Å². The molecule has 3 rings (SSSR count). The van der Waals surface area contributed by atoms with Gasteiger partial charge in [0.2, 0.25) is 0 Å². The van der Waals surface area contributed by atoms with E-state index in [0.29, 0.717) is 37.2 Å². The molecular formula is C16H19FO3S. The number of halogens is 1. The van der Waals surface area contributed by atoms with Crippen molar-refractivity contribution >= 4 is 15.4 Å². The third-order valence-electron chi connectivity index (χ3n) is 4.33. The van der Waals surface area contributed by atoms with Crippen molar-refractivity contribution in [1.82, 2.24) is 0 Å². The van der Waals surface area contributed by atoms with Crippen LogP contribution in [-0.4, -0.2) is 25.5 Å². The van der Waals surface area contributed by atoms with Gasteiger partial charge in [-0.25, -0.2) is 12.8 Å². The summed E-state index contributed by atoms with van der Waals surface area (Å²) in [5, 5.41) is -0.784. The molecule has 1 saturated heterocycles. The van der Waals surface area contributed by atoms with E-state index >= 15 is 0 Å². The van der Waals surface area contributed by atoms with Crippen molar-refractivity contribution in [2.75, 3.05) is 6.61 Å². The molecule has 2 aliphatic heterocycles. The van der Waals surface area contributed by atoms with Gasteiger partial charge in [-0.05, 0) is 43.9 Å². The Labute approximate surface area is 124 Å². The first kappa shape index (κ1) is 14.6. The summed E-state index contributed by atoms with van der Waals surface area (Å²) in [5.74, 6) is 0.160. The van der Waals surface area contributed by atoms with Crippen molar-refractivity contribution in [2.24, 2.45) is 0 Å². The van der Waals surface area contributed by atoms with Crippen molar-refractivity contribution in [1.29, 1.82) is 0 Å². The van der Waals surface area contributed by atoms with Gasteiger partial charge in [0.25, 0.3) is 0 Å². The molecule has 0 aliphatic carbocycles. The van der Waals surface area contributed by atoms with Crippen LogP contribution in [0.2, 0.25) is 0 Å². The first-order chi connectivity index (χ1) is 10.0. The van der Waals surface area contributed by atoms with E-state index < -0.39 is 15.1 Å². The first-order valence-electron chi connectivity index (χ1n) is 7.38. The Bertz CT molecular complexity index is 679. The normalized spacial score (nSPS) is 27.0. The molecule has 0 radical (unpaired) electrons. The van der Waals surface area contributed by atoms with Gasteiger partial charge in [0, 0.05) is 11.6 Å². The van der Waals surface area contributed by atoms with E-state index in [4.69, 9.17) is 4.74 Å². The highest BCUT2D eigenvalue weighted by atomic mass is 32.2. The predicted octanol–water partition coefficient (Wildman–Crippen LogP) is 3.35. The molecule has 3 nitrogen and oxygen atoms in total. The topological polar surface area (TPSA) is 43.4 Å². The van der Waals surface area contributed by atoms with Gasteiger partial charge in [-0.15, -0.1) is 0 Å². The minimum atomic E-state index is -3.06. The average Bonchev–Trinajstić information content (AvgIpc) is 2.38. The quantitative estimate of drug-likeness (QED) is 0.860. The van der Waals surface area contributed by atoms with Crippen molar-refractivity contribution in [2.45, 2.75) is 43.1 Å². The molecule has 2 bridgehead atoms. The van der Waals surface area contributed by atoms with Gasteiger partial charge in [0.15, 0.2) is 9.84 Å². The fourth-order valence-corrected chi connectivity index (χ4v) is 5.52. The maximum absolute atomic E-state index is 14.3. The summed E-state index contributed by atoms with van der Waals surface area (Å²) in [7, 11) is -3.06. The lowest BCUT2D eigenvalue weighted by molar-refractivity contribution is 0.338. The summed E-state index contributed by atoms with van der Waals surface area (Å²) in [6, 6.07) is 4.81. The second kappa shape index (κ2) is 5.44. The number of hydrogen-bond acceptors (Lipinski definition) is 3. The van der Waals surface area contributed by atoms with E-state index in [-0.39, 0.29) is 11.1 Å². The van der Waals surface area contributed by atoms with Crippen molar-refractivity contribution in [3.05, 3.63) is 35.7 Å². The Morgan fingerprint density at radius 1 is 1.33 bits per heavy atom. The molecule has 0 aromatic heterocycles. The molecular weight excluding hydrogens is 291 g/mol. The smallest absolute Gasteiger partial charge is 0.159 e. The van der Waals surface area contributed by atoms with Crippen LogP contribution < -0.4 is 4.74 Å². The molecule has 114 valence electrons. The number of ether oxygens (including phenoxy) is 1. The van der Waals surface area contributed by atoms with Gasteiger partial charge in [-0.3, -0.25) is 0 Å². The van der Waals surface area contributed by atoms with Crippen LogP contribution in [0.25, 0.3) is 5.57 Å². The van der Waals surface area contributed by atoms with Crippen LogP contribution in [0.5, 0.6) is 5.75 Å². The molecule has 2 unspecified atom stereocenters. The minimum absolute atomic E-state index is 0.343. The van der Waals surface area contributed by atoms with Gasteiger partial charge >= 0.3 is 0 Å². The summed E-state index contributed by atoms with van der Waals surface area (Å²) < 4.78 is 44.0. The van der Waals surface area contributed by atoms with Crippen LogP contribution in [0, 0.1) is 5.82 Å². The second-order valence-corrected chi connectivity index (χ2v) is 8.10. The summed E-state index contributed by atoms with van der Waals surface area (Å²) in [4.78, 5) is 0. The highest BCUT2D eigenvalue weighted by Crippen LogP contribution is 2.40. The van der Waals surface area contributed by atoms with Crippen LogP contribution in [0.4, 0.5) is 4.39 Å². The number of allylic oxidation sites excluding steroid dienone is 1.